The number of hydrogen-bond acceptors (Lipinski definition) is 4. The molecule has 0 aromatic heterocycles. The van der Waals surface area contributed by atoms with Crippen LogP contribution in [0.15, 0.2) is 36.4 Å². The highest BCUT2D eigenvalue weighted by Crippen LogP contribution is 2.50. The van der Waals surface area contributed by atoms with E-state index in [1.165, 1.54) is 0 Å². The number of carbonyl (C=O) groups is 2. The number of nitrogens with zero attached hydrogens (tertiary/aromatic N) is 1. The maximum absolute atomic E-state index is 13.0. The Morgan fingerprint density at radius 2 is 1.56 bits per heavy atom. The van der Waals surface area contributed by atoms with Crippen molar-refractivity contribution in [2.45, 2.75) is 79.6 Å². The Morgan fingerprint density at radius 1 is 0.949 bits per heavy atom. The van der Waals surface area contributed by atoms with Crippen LogP contribution in [-0.4, -0.2) is 34.7 Å². The molecule has 1 aliphatic rings. The van der Waals surface area contributed by atoms with Gasteiger partial charge in [-0.2, -0.15) is 0 Å². The topological polar surface area (TPSA) is 87.1 Å². The lowest BCUT2D eigenvalue weighted by molar-refractivity contribution is -0.160. The fourth-order valence-electron chi connectivity index (χ4n) is 5.58. The van der Waals surface area contributed by atoms with Gasteiger partial charge in [0, 0.05) is 24.6 Å². The summed E-state index contributed by atoms with van der Waals surface area (Å²) in [6.45, 7) is 13.5. The summed E-state index contributed by atoms with van der Waals surface area (Å²) in [5, 5.41) is 20.5. The number of fused-ring (bicyclic) bond motifs is 1. The smallest absolute Gasteiger partial charge is 0.337 e. The van der Waals surface area contributed by atoms with Gasteiger partial charge in [0.15, 0.2) is 6.10 Å². The minimum Gasteiger partial charge on any atom is -0.479 e. The standard InChI is InChI=1S/C33H39NO5/c1-18-9-11-22(15-20(18)3)27-21(4)28(23-12-10-19(2)24(16-23)17-35)30-25(13-14-26(36)34(30)8)29(27)31(32(37)38)39-33(5,6)7/h9-12,15-16,31,35H,13-14,17H2,1-8H3,(H,37,38). The fraction of sp³-hybridized carbons (Fsp3) is 0.394. The van der Waals surface area contributed by atoms with E-state index in [0.717, 1.165) is 55.6 Å². The average Bonchev–Trinajstić information content (AvgIpc) is 2.86. The van der Waals surface area contributed by atoms with Crippen LogP contribution in [0.3, 0.4) is 0 Å². The van der Waals surface area contributed by atoms with E-state index in [0.29, 0.717) is 17.7 Å². The van der Waals surface area contributed by atoms with Crippen molar-refractivity contribution in [3.8, 4) is 22.3 Å². The van der Waals surface area contributed by atoms with E-state index in [4.69, 9.17) is 4.74 Å². The molecule has 1 heterocycles. The maximum atomic E-state index is 13.0. The molecule has 6 nitrogen and oxygen atoms in total. The molecule has 4 rings (SSSR count). The van der Waals surface area contributed by atoms with Crippen LogP contribution in [0.1, 0.15) is 72.2 Å². The Labute approximate surface area is 231 Å². The molecule has 1 atom stereocenters. The number of anilines is 1. The number of aliphatic hydroxyl groups is 1. The minimum atomic E-state index is -1.23. The van der Waals surface area contributed by atoms with Gasteiger partial charge < -0.3 is 19.8 Å². The zero-order valence-corrected chi connectivity index (χ0v) is 24.2. The first-order valence-corrected chi connectivity index (χ1v) is 13.4. The Bertz CT molecular complexity index is 1460. The Balaban J connectivity index is 2.21. The van der Waals surface area contributed by atoms with Crippen LogP contribution in [0.5, 0.6) is 0 Å². The lowest BCUT2D eigenvalue weighted by atomic mass is 9.78. The predicted molar refractivity (Wildman–Crippen MR) is 155 cm³/mol. The molecule has 6 heteroatoms. The summed E-state index contributed by atoms with van der Waals surface area (Å²) in [6, 6.07) is 12.1. The number of aliphatic carboxylic acids is 1. The number of carboxylic acid groups (broad SMARTS) is 1. The normalized spacial score (nSPS) is 14.4. The van der Waals surface area contributed by atoms with Gasteiger partial charge >= 0.3 is 5.97 Å². The average molecular weight is 530 g/mol. The van der Waals surface area contributed by atoms with Gasteiger partial charge in [0.2, 0.25) is 5.91 Å². The lowest BCUT2D eigenvalue weighted by Crippen LogP contribution is -2.35. The molecule has 3 aromatic carbocycles. The molecule has 0 fully saturated rings. The van der Waals surface area contributed by atoms with Crippen LogP contribution < -0.4 is 4.90 Å². The second kappa shape index (κ2) is 10.6. The number of carboxylic acids is 1. The second-order valence-corrected chi connectivity index (χ2v) is 11.6. The van der Waals surface area contributed by atoms with Gasteiger partial charge in [-0.25, -0.2) is 4.79 Å². The van der Waals surface area contributed by atoms with Crippen LogP contribution in [-0.2, 0) is 27.4 Å². The van der Waals surface area contributed by atoms with Gasteiger partial charge in [0.25, 0.3) is 0 Å². The van der Waals surface area contributed by atoms with E-state index < -0.39 is 17.7 Å². The van der Waals surface area contributed by atoms with E-state index in [2.05, 4.69) is 19.1 Å². The van der Waals surface area contributed by atoms with Crippen molar-refractivity contribution in [1.29, 1.82) is 0 Å². The number of aryl methyl sites for hydroxylation is 3. The molecule has 1 amide bonds. The van der Waals surface area contributed by atoms with E-state index in [1.807, 2.05) is 65.8 Å². The van der Waals surface area contributed by atoms with Crippen LogP contribution in [0.4, 0.5) is 5.69 Å². The molecule has 2 N–H and O–H groups in total. The third-order valence-corrected chi connectivity index (χ3v) is 7.73. The SMILES string of the molecule is Cc1ccc(-c2c(C)c(-c3ccc(C)c(CO)c3)c3c(c2C(OC(C)(C)C)C(=O)O)CCC(=O)N3C)cc1C. The quantitative estimate of drug-likeness (QED) is 0.376. The molecule has 0 saturated heterocycles. The lowest BCUT2D eigenvalue weighted by Gasteiger charge is -2.36. The molecule has 1 unspecified atom stereocenters. The van der Waals surface area contributed by atoms with Crippen molar-refractivity contribution in [2.75, 3.05) is 11.9 Å². The number of amides is 1. The van der Waals surface area contributed by atoms with E-state index in [-0.39, 0.29) is 18.9 Å². The number of aliphatic hydroxyl groups excluding tert-OH is 1. The first kappa shape index (κ1) is 28.5. The van der Waals surface area contributed by atoms with Crippen LogP contribution in [0, 0.1) is 27.7 Å². The van der Waals surface area contributed by atoms with Gasteiger partial charge in [-0.3, -0.25) is 4.79 Å². The van der Waals surface area contributed by atoms with Gasteiger partial charge in [0.05, 0.1) is 17.9 Å². The number of ether oxygens (including phenoxy) is 1. The molecular weight excluding hydrogens is 490 g/mol. The minimum absolute atomic E-state index is 0.0221. The van der Waals surface area contributed by atoms with Crippen molar-refractivity contribution < 1.29 is 24.5 Å². The Kier molecular flexibility index (Phi) is 7.75. The van der Waals surface area contributed by atoms with Crippen LogP contribution in [0.25, 0.3) is 22.3 Å². The van der Waals surface area contributed by atoms with Gasteiger partial charge in [-0.1, -0.05) is 30.3 Å². The number of benzene rings is 3. The third-order valence-electron chi connectivity index (χ3n) is 7.73. The van der Waals surface area contributed by atoms with Gasteiger partial charge in [-0.05, 0) is 111 Å². The molecule has 0 radical (unpaired) electrons. The Morgan fingerprint density at radius 3 is 2.13 bits per heavy atom. The van der Waals surface area contributed by atoms with Crippen molar-refractivity contribution in [2.24, 2.45) is 0 Å². The number of rotatable bonds is 6. The third kappa shape index (κ3) is 5.36. The van der Waals surface area contributed by atoms with Gasteiger partial charge in [-0.15, -0.1) is 0 Å². The van der Waals surface area contributed by atoms with E-state index in [1.54, 1.807) is 11.9 Å². The largest absolute Gasteiger partial charge is 0.479 e. The van der Waals surface area contributed by atoms with Gasteiger partial charge in [0.1, 0.15) is 0 Å². The highest BCUT2D eigenvalue weighted by Gasteiger charge is 2.38. The van der Waals surface area contributed by atoms with E-state index in [9.17, 15) is 19.8 Å². The van der Waals surface area contributed by atoms with Crippen molar-refractivity contribution in [1.82, 2.24) is 0 Å². The second-order valence-electron chi connectivity index (χ2n) is 11.6. The summed E-state index contributed by atoms with van der Waals surface area (Å²) in [6.07, 6.45) is -0.534. The summed E-state index contributed by atoms with van der Waals surface area (Å²) < 4.78 is 6.25. The predicted octanol–water partition coefficient (Wildman–Crippen LogP) is 6.60. The number of hydrogen-bond donors (Lipinski definition) is 2. The molecule has 0 bridgehead atoms. The molecular formula is C33H39NO5. The highest BCUT2D eigenvalue weighted by atomic mass is 16.5. The molecule has 206 valence electrons. The molecule has 39 heavy (non-hydrogen) atoms. The van der Waals surface area contributed by atoms with Crippen molar-refractivity contribution in [3.05, 3.63) is 75.3 Å². The Hall–Kier alpha value is -3.48. The first-order chi connectivity index (χ1) is 18.2. The summed E-state index contributed by atoms with van der Waals surface area (Å²) in [5.41, 5.74) is 9.78. The summed E-state index contributed by atoms with van der Waals surface area (Å²) in [4.78, 5) is 27.6. The van der Waals surface area contributed by atoms with Crippen molar-refractivity contribution in [3.63, 3.8) is 0 Å². The molecule has 1 aliphatic heterocycles. The number of carbonyl (C=O) groups excluding carboxylic acids is 1. The van der Waals surface area contributed by atoms with E-state index >= 15 is 0 Å². The molecule has 0 spiro atoms. The van der Waals surface area contributed by atoms with Crippen LogP contribution in [0.2, 0.25) is 0 Å². The first-order valence-electron chi connectivity index (χ1n) is 13.4. The highest BCUT2D eigenvalue weighted by molar-refractivity contribution is 6.04. The zero-order valence-electron chi connectivity index (χ0n) is 24.2. The molecule has 0 saturated carbocycles. The monoisotopic (exact) mass is 529 g/mol. The summed E-state index contributed by atoms with van der Waals surface area (Å²) in [5.74, 6) is -1.09. The molecule has 3 aromatic rings. The summed E-state index contributed by atoms with van der Waals surface area (Å²) in [7, 11) is 1.75. The van der Waals surface area contributed by atoms with Crippen molar-refractivity contribution >= 4 is 17.6 Å². The maximum Gasteiger partial charge on any atom is 0.337 e. The fourth-order valence-corrected chi connectivity index (χ4v) is 5.58. The molecule has 0 aliphatic carbocycles. The zero-order chi connectivity index (χ0) is 28.8. The van der Waals surface area contributed by atoms with Crippen LogP contribution >= 0.6 is 0 Å². The summed E-state index contributed by atoms with van der Waals surface area (Å²) >= 11 is 0.